The van der Waals surface area contributed by atoms with Crippen molar-refractivity contribution in [2.45, 2.75) is 42.4 Å². The second-order valence-corrected chi connectivity index (χ2v) is 8.29. The normalized spacial score (nSPS) is 22.4. The van der Waals surface area contributed by atoms with Crippen molar-refractivity contribution in [3.63, 3.8) is 0 Å². The fraction of sp³-hybridized carbons (Fsp3) is 0.571. The topological polar surface area (TPSA) is 81.4 Å². The van der Waals surface area contributed by atoms with Crippen LogP contribution in [0.5, 0.6) is 5.75 Å². The molecular formula is C14H22N2O3S2. The monoisotopic (exact) mass is 330 g/mol. The van der Waals surface area contributed by atoms with Crippen molar-refractivity contribution in [1.29, 1.82) is 0 Å². The van der Waals surface area contributed by atoms with E-state index < -0.39 is 10.0 Å². The maximum absolute atomic E-state index is 12.5. The average Bonchev–Trinajstić information content (AvgIpc) is 2.86. The number of hydrogen-bond donors (Lipinski definition) is 2. The number of thioether (sulfide) groups is 1. The number of anilines is 1. The van der Waals surface area contributed by atoms with Crippen LogP contribution < -0.4 is 15.2 Å². The number of hydrogen-bond acceptors (Lipinski definition) is 5. The smallest absolute Gasteiger partial charge is 0.240 e. The Balaban J connectivity index is 2.16. The molecule has 1 aliphatic rings. The molecule has 0 amide bonds. The summed E-state index contributed by atoms with van der Waals surface area (Å²) in [4.78, 5) is 0.188. The van der Waals surface area contributed by atoms with Gasteiger partial charge in [-0.3, -0.25) is 0 Å². The number of nitrogens with one attached hydrogen (secondary N) is 1. The van der Waals surface area contributed by atoms with Crippen LogP contribution in [0.25, 0.3) is 0 Å². The van der Waals surface area contributed by atoms with Crippen molar-refractivity contribution in [3.05, 3.63) is 18.2 Å². The molecule has 0 spiro atoms. The molecule has 0 bridgehead atoms. The number of rotatable bonds is 6. The Morgan fingerprint density at radius 3 is 2.81 bits per heavy atom. The summed E-state index contributed by atoms with van der Waals surface area (Å²) in [6, 6.07) is 4.55. The fourth-order valence-electron chi connectivity index (χ4n) is 2.62. The van der Waals surface area contributed by atoms with Gasteiger partial charge in [0.15, 0.2) is 0 Å². The van der Waals surface area contributed by atoms with Crippen molar-refractivity contribution in [2.75, 3.05) is 18.6 Å². The highest BCUT2D eigenvalue weighted by atomic mass is 32.2. The van der Waals surface area contributed by atoms with Crippen molar-refractivity contribution in [2.24, 2.45) is 0 Å². The third-order valence-corrected chi connectivity index (χ3v) is 6.46. The van der Waals surface area contributed by atoms with Crippen molar-refractivity contribution >= 4 is 27.5 Å². The molecule has 7 heteroatoms. The maximum Gasteiger partial charge on any atom is 0.240 e. The van der Waals surface area contributed by atoms with E-state index in [-0.39, 0.29) is 10.9 Å². The molecule has 118 valence electrons. The molecule has 0 heterocycles. The number of nitrogens with two attached hydrogens (primary N) is 1. The summed E-state index contributed by atoms with van der Waals surface area (Å²) in [6.07, 6.45) is 3.02. The van der Waals surface area contributed by atoms with Crippen molar-refractivity contribution in [1.82, 2.24) is 4.72 Å². The lowest BCUT2D eigenvalue weighted by Gasteiger charge is -2.20. The number of sulfonamides is 1. The Bertz CT molecular complexity index is 590. The highest BCUT2D eigenvalue weighted by Gasteiger charge is 2.31. The minimum Gasteiger partial charge on any atom is -0.495 e. The van der Waals surface area contributed by atoms with E-state index in [4.69, 9.17) is 10.5 Å². The Labute approximate surface area is 130 Å². The Morgan fingerprint density at radius 2 is 2.19 bits per heavy atom. The molecule has 1 aromatic carbocycles. The van der Waals surface area contributed by atoms with Gasteiger partial charge in [-0.15, -0.1) is 0 Å². The van der Waals surface area contributed by atoms with E-state index in [1.54, 1.807) is 6.07 Å². The van der Waals surface area contributed by atoms with E-state index in [1.165, 1.54) is 19.2 Å². The standard InChI is InChI=1S/C14H22N2O3S2/c1-3-20-14-6-4-5-12(14)16-21(17,18)10-7-8-13(19-2)11(15)9-10/h7-9,12,14,16H,3-6,15H2,1-2H3. The van der Waals surface area contributed by atoms with E-state index in [1.807, 2.05) is 11.8 Å². The number of benzene rings is 1. The molecule has 0 saturated heterocycles. The molecule has 1 aliphatic carbocycles. The van der Waals surface area contributed by atoms with Crippen LogP contribution in [0.1, 0.15) is 26.2 Å². The molecule has 2 unspecified atom stereocenters. The van der Waals surface area contributed by atoms with Crippen LogP contribution in [0, 0.1) is 0 Å². The minimum atomic E-state index is -3.54. The van der Waals surface area contributed by atoms with Crippen molar-refractivity contribution in [3.8, 4) is 5.75 Å². The van der Waals surface area contributed by atoms with E-state index in [0.29, 0.717) is 16.7 Å². The summed E-state index contributed by atoms with van der Waals surface area (Å²) >= 11 is 1.82. The zero-order valence-corrected chi connectivity index (χ0v) is 14.0. The number of methoxy groups -OCH3 is 1. The summed E-state index contributed by atoms with van der Waals surface area (Å²) < 4.78 is 32.8. The second kappa shape index (κ2) is 6.89. The van der Waals surface area contributed by atoms with Gasteiger partial charge in [-0.1, -0.05) is 13.3 Å². The molecule has 1 aromatic rings. The van der Waals surface area contributed by atoms with Gasteiger partial charge in [0.25, 0.3) is 0 Å². The fourth-order valence-corrected chi connectivity index (χ4v) is 5.25. The summed E-state index contributed by atoms with van der Waals surface area (Å²) in [7, 11) is -2.04. The molecule has 1 fully saturated rings. The van der Waals surface area contributed by atoms with Crippen LogP contribution in [0.3, 0.4) is 0 Å². The molecule has 2 atom stereocenters. The molecule has 2 rings (SSSR count). The lowest BCUT2D eigenvalue weighted by Crippen LogP contribution is -2.38. The molecule has 21 heavy (non-hydrogen) atoms. The van der Waals surface area contributed by atoms with Crippen LogP contribution in [0.2, 0.25) is 0 Å². The van der Waals surface area contributed by atoms with Gasteiger partial charge in [-0.25, -0.2) is 13.1 Å². The molecule has 0 aliphatic heterocycles. The Morgan fingerprint density at radius 1 is 1.43 bits per heavy atom. The van der Waals surface area contributed by atoms with Gasteiger partial charge in [-0.05, 0) is 36.8 Å². The number of ether oxygens (including phenoxy) is 1. The second-order valence-electron chi connectivity index (χ2n) is 5.06. The van der Waals surface area contributed by atoms with Crippen LogP contribution in [0.4, 0.5) is 5.69 Å². The van der Waals surface area contributed by atoms with Crippen LogP contribution in [0.15, 0.2) is 23.1 Å². The highest BCUT2D eigenvalue weighted by molar-refractivity contribution is 8.00. The van der Waals surface area contributed by atoms with Gasteiger partial charge in [0, 0.05) is 11.3 Å². The molecule has 0 aromatic heterocycles. The molecule has 5 nitrogen and oxygen atoms in total. The first kappa shape index (κ1) is 16.5. The largest absolute Gasteiger partial charge is 0.495 e. The first-order chi connectivity index (χ1) is 9.97. The molecule has 0 radical (unpaired) electrons. The quantitative estimate of drug-likeness (QED) is 0.782. The Kier molecular flexibility index (Phi) is 5.40. The molecule has 3 N–H and O–H groups in total. The van der Waals surface area contributed by atoms with Gasteiger partial charge >= 0.3 is 0 Å². The Hall–Kier alpha value is -0.920. The molecule has 1 saturated carbocycles. The summed E-state index contributed by atoms with van der Waals surface area (Å²) in [5.41, 5.74) is 6.12. The van der Waals surface area contributed by atoms with E-state index in [0.717, 1.165) is 25.0 Å². The van der Waals surface area contributed by atoms with Crippen molar-refractivity contribution < 1.29 is 13.2 Å². The van der Waals surface area contributed by atoms with Gasteiger partial charge in [0.05, 0.1) is 17.7 Å². The van der Waals surface area contributed by atoms with Gasteiger partial charge in [-0.2, -0.15) is 11.8 Å². The molecular weight excluding hydrogens is 308 g/mol. The van der Waals surface area contributed by atoms with Gasteiger partial charge in [0.2, 0.25) is 10.0 Å². The predicted molar refractivity (Wildman–Crippen MR) is 87.3 cm³/mol. The first-order valence-corrected chi connectivity index (χ1v) is 9.58. The van der Waals surface area contributed by atoms with E-state index in [9.17, 15) is 8.42 Å². The lowest BCUT2D eigenvalue weighted by molar-refractivity contribution is 0.416. The van der Waals surface area contributed by atoms with Gasteiger partial charge < -0.3 is 10.5 Å². The maximum atomic E-state index is 12.5. The third-order valence-electron chi connectivity index (χ3n) is 3.65. The van der Waals surface area contributed by atoms with Crippen LogP contribution >= 0.6 is 11.8 Å². The SMILES string of the molecule is CCSC1CCCC1NS(=O)(=O)c1ccc(OC)c(N)c1. The summed E-state index contributed by atoms with van der Waals surface area (Å²) in [6.45, 7) is 2.10. The predicted octanol–water partition coefficient (Wildman–Crippen LogP) is 2.23. The third kappa shape index (κ3) is 3.84. The summed E-state index contributed by atoms with van der Waals surface area (Å²) in [5, 5.41) is 0.361. The zero-order chi connectivity index (χ0) is 15.5. The first-order valence-electron chi connectivity index (χ1n) is 7.05. The lowest BCUT2D eigenvalue weighted by atomic mass is 10.3. The zero-order valence-electron chi connectivity index (χ0n) is 12.3. The van der Waals surface area contributed by atoms with E-state index >= 15 is 0 Å². The summed E-state index contributed by atoms with van der Waals surface area (Å²) in [5.74, 6) is 1.48. The van der Waals surface area contributed by atoms with Gasteiger partial charge in [0.1, 0.15) is 5.75 Å². The highest BCUT2D eigenvalue weighted by Crippen LogP contribution is 2.31. The van der Waals surface area contributed by atoms with Crippen LogP contribution in [-0.2, 0) is 10.0 Å². The average molecular weight is 330 g/mol. The van der Waals surface area contributed by atoms with E-state index in [2.05, 4.69) is 11.6 Å². The number of nitrogen functional groups attached to an aromatic ring is 1. The minimum absolute atomic E-state index is 0.00303. The van der Waals surface area contributed by atoms with Crippen LogP contribution in [-0.4, -0.2) is 32.6 Å².